The van der Waals surface area contributed by atoms with Crippen molar-refractivity contribution in [3.05, 3.63) is 59.0 Å². The van der Waals surface area contributed by atoms with Crippen molar-refractivity contribution < 1.29 is 9.52 Å². The number of fused-ring (bicyclic) bond motifs is 1. The van der Waals surface area contributed by atoms with E-state index >= 15 is 0 Å². The summed E-state index contributed by atoms with van der Waals surface area (Å²) in [4.78, 5) is 13.4. The molecule has 2 aromatic carbocycles. The Bertz CT molecular complexity index is 866. The predicted molar refractivity (Wildman–Crippen MR) is 95.2 cm³/mol. The molecular formula is C19H18O3S. The Kier molecular flexibility index (Phi) is 4.72. The molecule has 23 heavy (non-hydrogen) atoms. The van der Waals surface area contributed by atoms with Gasteiger partial charge in [-0.15, -0.1) is 11.8 Å². The Morgan fingerprint density at radius 2 is 1.87 bits per heavy atom. The Morgan fingerprint density at radius 1 is 1.09 bits per heavy atom. The minimum absolute atomic E-state index is 0.0851. The van der Waals surface area contributed by atoms with Crippen LogP contribution in [0.2, 0.25) is 0 Å². The molecule has 3 rings (SSSR count). The van der Waals surface area contributed by atoms with Gasteiger partial charge in [0, 0.05) is 16.3 Å². The van der Waals surface area contributed by atoms with Crippen LogP contribution in [0.4, 0.5) is 0 Å². The second kappa shape index (κ2) is 6.92. The molecule has 0 aliphatic rings. The van der Waals surface area contributed by atoms with Gasteiger partial charge in [0.25, 0.3) is 0 Å². The SMILES string of the molecule is CCCCSc1ccc(-c2cc3ccc(O)cc3oc2=O)cc1. The first kappa shape index (κ1) is 15.7. The van der Waals surface area contributed by atoms with Gasteiger partial charge in [-0.05, 0) is 48.1 Å². The zero-order chi connectivity index (χ0) is 16.2. The van der Waals surface area contributed by atoms with Crippen molar-refractivity contribution in [2.45, 2.75) is 24.7 Å². The lowest BCUT2D eigenvalue weighted by molar-refractivity contribution is 0.473. The zero-order valence-corrected chi connectivity index (χ0v) is 13.7. The molecule has 0 spiro atoms. The first-order chi connectivity index (χ1) is 11.2. The number of unbranched alkanes of at least 4 members (excludes halogenated alkanes) is 1. The molecule has 0 aliphatic carbocycles. The minimum atomic E-state index is -0.394. The molecule has 3 nitrogen and oxygen atoms in total. The third-order valence-electron chi connectivity index (χ3n) is 3.65. The quantitative estimate of drug-likeness (QED) is 0.404. The molecule has 0 saturated carbocycles. The number of hydrogen-bond acceptors (Lipinski definition) is 4. The molecular weight excluding hydrogens is 308 g/mol. The van der Waals surface area contributed by atoms with Crippen molar-refractivity contribution in [3.8, 4) is 16.9 Å². The fraction of sp³-hybridized carbons (Fsp3) is 0.211. The Morgan fingerprint density at radius 3 is 2.61 bits per heavy atom. The van der Waals surface area contributed by atoms with E-state index in [2.05, 4.69) is 6.92 Å². The van der Waals surface area contributed by atoms with Gasteiger partial charge < -0.3 is 9.52 Å². The fourth-order valence-corrected chi connectivity index (χ4v) is 3.36. The van der Waals surface area contributed by atoms with Gasteiger partial charge in [0.05, 0.1) is 5.56 Å². The maximum absolute atomic E-state index is 12.2. The van der Waals surface area contributed by atoms with Crippen LogP contribution in [0.1, 0.15) is 19.8 Å². The number of aromatic hydroxyl groups is 1. The zero-order valence-electron chi connectivity index (χ0n) is 12.9. The van der Waals surface area contributed by atoms with Gasteiger partial charge in [-0.1, -0.05) is 25.5 Å². The highest BCUT2D eigenvalue weighted by molar-refractivity contribution is 7.99. The molecule has 1 heterocycles. The van der Waals surface area contributed by atoms with Crippen molar-refractivity contribution >= 4 is 22.7 Å². The van der Waals surface area contributed by atoms with Gasteiger partial charge in [0.15, 0.2) is 0 Å². The molecule has 1 aromatic heterocycles. The van der Waals surface area contributed by atoms with E-state index in [1.54, 1.807) is 18.2 Å². The lowest BCUT2D eigenvalue weighted by Gasteiger charge is -2.05. The van der Waals surface area contributed by atoms with E-state index in [0.717, 1.165) is 16.7 Å². The third kappa shape index (κ3) is 3.59. The standard InChI is InChI=1S/C19H18O3S/c1-2-3-10-23-16-8-5-13(6-9-16)17-11-14-4-7-15(20)12-18(14)22-19(17)21/h4-9,11-12,20H,2-3,10H2,1H3. The van der Waals surface area contributed by atoms with Gasteiger partial charge in [0.2, 0.25) is 0 Å². The first-order valence-electron chi connectivity index (χ1n) is 7.67. The summed E-state index contributed by atoms with van der Waals surface area (Å²) in [6.45, 7) is 2.18. The van der Waals surface area contributed by atoms with Crippen molar-refractivity contribution in [2.75, 3.05) is 5.75 Å². The molecule has 0 bridgehead atoms. The number of phenols is 1. The van der Waals surface area contributed by atoms with Crippen LogP contribution in [0.5, 0.6) is 5.75 Å². The van der Waals surface area contributed by atoms with Gasteiger partial charge in [-0.3, -0.25) is 0 Å². The normalized spacial score (nSPS) is 11.0. The van der Waals surface area contributed by atoms with Crippen LogP contribution < -0.4 is 5.63 Å². The second-order valence-corrected chi connectivity index (χ2v) is 6.56. The molecule has 0 radical (unpaired) electrons. The molecule has 3 aromatic rings. The summed E-state index contributed by atoms with van der Waals surface area (Å²) < 4.78 is 5.32. The minimum Gasteiger partial charge on any atom is -0.508 e. The number of benzene rings is 2. The van der Waals surface area contributed by atoms with Gasteiger partial charge in [-0.2, -0.15) is 0 Å². The Hall–Kier alpha value is -2.20. The molecule has 0 aliphatic heterocycles. The smallest absolute Gasteiger partial charge is 0.344 e. The average molecular weight is 326 g/mol. The van der Waals surface area contributed by atoms with E-state index in [1.807, 2.05) is 36.0 Å². The van der Waals surface area contributed by atoms with Crippen molar-refractivity contribution in [3.63, 3.8) is 0 Å². The molecule has 0 saturated heterocycles. The van der Waals surface area contributed by atoms with Gasteiger partial charge in [0.1, 0.15) is 11.3 Å². The van der Waals surface area contributed by atoms with E-state index < -0.39 is 5.63 Å². The summed E-state index contributed by atoms with van der Waals surface area (Å²) in [6, 6.07) is 14.6. The number of thioether (sulfide) groups is 1. The third-order valence-corrected chi connectivity index (χ3v) is 4.75. The topological polar surface area (TPSA) is 50.4 Å². The molecule has 0 amide bonds. The van der Waals surface area contributed by atoms with Crippen LogP contribution in [0.25, 0.3) is 22.1 Å². The molecule has 0 unspecified atom stereocenters. The molecule has 1 N–H and O–H groups in total. The lowest BCUT2D eigenvalue weighted by atomic mass is 10.1. The van der Waals surface area contributed by atoms with Crippen molar-refractivity contribution in [1.29, 1.82) is 0 Å². The molecule has 118 valence electrons. The van der Waals surface area contributed by atoms with Crippen LogP contribution in [-0.2, 0) is 0 Å². The second-order valence-electron chi connectivity index (χ2n) is 5.40. The van der Waals surface area contributed by atoms with Crippen molar-refractivity contribution in [2.24, 2.45) is 0 Å². The first-order valence-corrected chi connectivity index (χ1v) is 8.66. The van der Waals surface area contributed by atoms with E-state index in [-0.39, 0.29) is 5.75 Å². The van der Waals surface area contributed by atoms with Crippen LogP contribution in [0, 0.1) is 0 Å². The summed E-state index contributed by atoms with van der Waals surface area (Å²) in [7, 11) is 0. The van der Waals surface area contributed by atoms with E-state index in [0.29, 0.717) is 11.1 Å². The monoisotopic (exact) mass is 326 g/mol. The van der Waals surface area contributed by atoms with E-state index in [9.17, 15) is 9.90 Å². The number of phenolic OH excluding ortho intramolecular Hbond substituents is 1. The van der Waals surface area contributed by atoms with Crippen LogP contribution in [-0.4, -0.2) is 10.9 Å². The molecule has 4 heteroatoms. The highest BCUT2D eigenvalue weighted by atomic mass is 32.2. The average Bonchev–Trinajstić information content (AvgIpc) is 2.55. The van der Waals surface area contributed by atoms with E-state index in [4.69, 9.17) is 4.42 Å². The Labute approximate surface area is 139 Å². The maximum atomic E-state index is 12.2. The predicted octanol–water partition coefficient (Wildman–Crippen LogP) is 5.06. The van der Waals surface area contributed by atoms with Crippen LogP contribution in [0.3, 0.4) is 0 Å². The summed E-state index contributed by atoms with van der Waals surface area (Å²) in [5, 5.41) is 10.3. The van der Waals surface area contributed by atoms with Crippen LogP contribution in [0.15, 0.2) is 62.6 Å². The van der Waals surface area contributed by atoms with E-state index in [1.165, 1.54) is 23.8 Å². The number of rotatable bonds is 5. The lowest BCUT2D eigenvalue weighted by Crippen LogP contribution is -2.02. The van der Waals surface area contributed by atoms with Crippen LogP contribution >= 0.6 is 11.8 Å². The van der Waals surface area contributed by atoms with Gasteiger partial charge >= 0.3 is 5.63 Å². The number of hydrogen-bond donors (Lipinski definition) is 1. The summed E-state index contributed by atoms with van der Waals surface area (Å²) in [6.07, 6.45) is 2.40. The summed E-state index contributed by atoms with van der Waals surface area (Å²) in [5.74, 6) is 1.19. The fourth-order valence-electron chi connectivity index (χ4n) is 2.37. The van der Waals surface area contributed by atoms with Crippen molar-refractivity contribution in [1.82, 2.24) is 0 Å². The largest absolute Gasteiger partial charge is 0.508 e. The Balaban J connectivity index is 1.92. The molecule has 0 atom stereocenters. The highest BCUT2D eigenvalue weighted by Gasteiger charge is 2.08. The highest BCUT2D eigenvalue weighted by Crippen LogP contribution is 2.26. The summed E-state index contributed by atoms with van der Waals surface area (Å²) in [5.41, 5.74) is 1.38. The molecule has 0 fully saturated rings. The summed E-state index contributed by atoms with van der Waals surface area (Å²) >= 11 is 1.83. The maximum Gasteiger partial charge on any atom is 0.344 e. The van der Waals surface area contributed by atoms with Gasteiger partial charge in [-0.25, -0.2) is 4.79 Å².